The van der Waals surface area contributed by atoms with Gasteiger partial charge in [0.1, 0.15) is 0 Å². The third kappa shape index (κ3) is 32.3. The van der Waals surface area contributed by atoms with Crippen LogP contribution in [0.2, 0.25) is 0 Å². The van der Waals surface area contributed by atoms with E-state index >= 15 is 0 Å². The molecule has 124 valence electrons. The fourth-order valence-electron chi connectivity index (χ4n) is 1.05. The number of benzene rings is 1. The molecule has 0 N–H and O–H groups in total. The lowest BCUT2D eigenvalue weighted by Gasteiger charge is -1.89. The van der Waals surface area contributed by atoms with Crippen molar-refractivity contribution in [3.63, 3.8) is 0 Å². The predicted octanol–water partition coefficient (Wildman–Crippen LogP) is 6.98. The smallest absolute Gasteiger partial charge is 0.0385 e. The van der Waals surface area contributed by atoms with Crippen molar-refractivity contribution in [1.82, 2.24) is 0 Å². The molecule has 0 aromatic heterocycles. The molecule has 0 aliphatic rings. The SMILES string of the molecule is C.C=CC.CC.CCCN=C(C)C.CCc1ccccc1. The highest BCUT2D eigenvalue weighted by molar-refractivity contribution is 5.78. The first-order valence-electron chi connectivity index (χ1n) is 7.70. The Hall–Kier alpha value is -1.37. The molecule has 0 saturated carbocycles. The molecule has 0 amide bonds. The fourth-order valence-corrected chi connectivity index (χ4v) is 1.05. The lowest BCUT2D eigenvalue weighted by molar-refractivity contribution is 0.930. The van der Waals surface area contributed by atoms with Crippen LogP contribution < -0.4 is 0 Å². The molecule has 1 nitrogen and oxygen atoms in total. The summed E-state index contributed by atoms with van der Waals surface area (Å²) in [5.41, 5.74) is 2.59. The second-order valence-corrected chi connectivity index (χ2v) is 4.08. The first-order chi connectivity index (χ1) is 9.62. The van der Waals surface area contributed by atoms with Crippen molar-refractivity contribution < 1.29 is 0 Å². The molecular formula is C20H39N. The van der Waals surface area contributed by atoms with Crippen molar-refractivity contribution in [3.8, 4) is 0 Å². The molecule has 0 aliphatic carbocycles. The Balaban J connectivity index is -0.000000103. The van der Waals surface area contributed by atoms with Gasteiger partial charge in [-0.2, -0.15) is 0 Å². The highest BCUT2D eigenvalue weighted by Crippen LogP contribution is 1.96. The first kappa shape index (κ1) is 27.9. The monoisotopic (exact) mass is 293 g/mol. The summed E-state index contributed by atoms with van der Waals surface area (Å²) in [6, 6.07) is 10.5. The summed E-state index contributed by atoms with van der Waals surface area (Å²) in [7, 11) is 0. The van der Waals surface area contributed by atoms with Gasteiger partial charge in [0.15, 0.2) is 0 Å². The van der Waals surface area contributed by atoms with Gasteiger partial charge in [0.05, 0.1) is 0 Å². The van der Waals surface area contributed by atoms with E-state index in [1.807, 2.05) is 40.7 Å². The van der Waals surface area contributed by atoms with Gasteiger partial charge in [0.2, 0.25) is 0 Å². The summed E-state index contributed by atoms with van der Waals surface area (Å²) >= 11 is 0. The minimum atomic E-state index is 0. The average molecular weight is 294 g/mol. The highest BCUT2D eigenvalue weighted by atomic mass is 14.7. The van der Waals surface area contributed by atoms with E-state index in [4.69, 9.17) is 0 Å². The topological polar surface area (TPSA) is 12.4 Å². The van der Waals surface area contributed by atoms with Gasteiger partial charge in [-0.1, -0.05) is 71.5 Å². The van der Waals surface area contributed by atoms with Gasteiger partial charge in [-0.25, -0.2) is 0 Å². The number of nitrogens with zero attached hydrogens (tertiary/aromatic N) is 1. The Kier molecular flexibility index (Phi) is 35.9. The van der Waals surface area contributed by atoms with E-state index in [9.17, 15) is 0 Å². The zero-order valence-corrected chi connectivity index (χ0v) is 14.7. The quantitative estimate of drug-likeness (QED) is 0.421. The lowest BCUT2D eigenvalue weighted by Crippen LogP contribution is -1.82. The van der Waals surface area contributed by atoms with Crippen molar-refractivity contribution in [2.45, 2.75) is 68.7 Å². The molecule has 0 fully saturated rings. The Morgan fingerprint density at radius 2 is 1.52 bits per heavy atom. The number of rotatable bonds is 3. The van der Waals surface area contributed by atoms with Crippen LogP contribution >= 0.6 is 0 Å². The summed E-state index contributed by atoms with van der Waals surface area (Å²) < 4.78 is 0. The molecule has 0 unspecified atom stereocenters. The molecule has 1 aromatic carbocycles. The Labute approximate surface area is 135 Å². The van der Waals surface area contributed by atoms with Crippen LogP contribution in [-0.4, -0.2) is 12.3 Å². The molecule has 0 radical (unpaired) electrons. The van der Waals surface area contributed by atoms with Gasteiger partial charge >= 0.3 is 0 Å². The zero-order valence-electron chi connectivity index (χ0n) is 14.7. The van der Waals surface area contributed by atoms with Gasteiger partial charge in [-0.3, -0.25) is 4.99 Å². The van der Waals surface area contributed by atoms with Crippen LogP contribution in [-0.2, 0) is 6.42 Å². The Morgan fingerprint density at radius 1 is 1.10 bits per heavy atom. The molecule has 1 aromatic rings. The van der Waals surface area contributed by atoms with Crippen LogP contribution in [0.3, 0.4) is 0 Å². The van der Waals surface area contributed by atoms with E-state index in [0.29, 0.717) is 0 Å². The van der Waals surface area contributed by atoms with Crippen LogP contribution in [0, 0.1) is 0 Å². The van der Waals surface area contributed by atoms with Crippen molar-refractivity contribution >= 4 is 5.71 Å². The van der Waals surface area contributed by atoms with E-state index < -0.39 is 0 Å². The summed E-state index contributed by atoms with van der Waals surface area (Å²) in [4.78, 5) is 4.16. The van der Waals surface area contributed by atoms with Crippen LogP contribution in [0.15, 0.2) is 48.0 Å². The van der Waals surface area contributed by atoms with Crippen molar-refractivity contribution in [2.24, 2.45) is 4.99 Å². The van der Waals surface area contributed by atoms with Crippen LogP contribution in [0.25, 0.3) is 0 Å². The van der Waals surface area contributed by atoms with E-state index in [1.165, 1.54) is 11.3 Å². The minimum Gasteiger partial charge on any atom is -0.295 e. The summed E-state index contributed by atoms with van der Waals surface area (Å²) in [5, 5.41) is 0. The molecule has 0 heterocycles. The predicted molar refractivity (Wildman–Crippen MR) is 104 cm³/mol. The van der Waals surface area contributed by atoms with E-state index in [1.54, 1.807) is 6.08 Å². The fraction of sp³-hybridized carbons (Fsp3) is 0.550. The van der Waals surface area contributed by atoms with Gasteiger partial charge in [0, 0.05) is 12.3 Å². The standard InChI is InChI=1S/C8H10.C6H13N.C3H6.C2H6.CH4/c1-2-8-6-4-3-5-7-8;1-4-5-7-6(2)3;1-3-2;1-2;/h3-7H,2H2,1H3;4-5H2,1-3H3;3H,1H2,2H3;1-2H3;1H4. The number of aryl methyl sites for hydroxylation is 1. The molecule has 0 bridgehead atoms. The molecule has 0 aliphatic heterocycles. The highest BCUT2D eigenvalue weighted by Gasteiger charge is 1.80. The van der Waals surface area contributed by atoms with Crippen molar-refractivity contribution in [2.75, 3.05) is 6.54 Å². The largest absolute Gasteiger partial charge is 0.295 e. The molecule has 0 atom stereocenters. The molecule has 0 spiro atoms. The molecule has 1 heteroatoms. The second kappa shape index (κ2) is 27.1. The maximum atomic E-state index is 4.16. The second-order valence-electron chi connectivity index (χ2n) is 4.08. The third-order valence-corrected chi connectivity index (χ3v) is 1.90. The Morgan fingerprint density at radius 3 is 1.71 bits per heavy atom. The van der Waals surface area contributed by atoms with Crippen molar-refractivity contribution in [3.05, 3.63) is 48.6 Å². The average Bonchev–Trinajstić information content (AvgIpc) is 2.49. The molecule has 0 saturated heterocycles. The van der Waals surface area contributed by atoms with Gasteiger partial charge in [0.25, 0.3) is 0 Å². The number of hydrogen-bond acceptors (Lipinski definition) is 1. The van der Waals surface area contributed by atoms with Crippen LogP contribution in [0.4, 0.5) is 0 Å². The van der Waals surface area contributed by atoms with E-state index in [0.717, 1.165) is 19.4 Å². The van der Waals surface area contributed by atoms with E-state index in [-0.39, 0.29) is 7.43 Å². The Bertz CT molecular complexity index is 295. The minimum absolute atomic E-state index is 0. The van der Waals surface area contributed by atoms with Gasteiger partial charge < -0.3 is 0 Å². The first-order valence-corrected chi connectivity index (χ1v) is 7.70. The molecule has 21 heavy (non-hydrogen) atoms. The summed E-state index contributed by atoms with van der Waals surface area (Å²) in [6.45, 7) is 18.6. The number of allylic oxidation sites excluding steroid dienone is 1. The normalized spacial score (nSPS) is 7.19. The lowest BCUT2D eigenvalue weighted by atomic mass is 10.2. The molecular weight excluding hydrogens is 254 g/mol. The zero-order chi connectivity index (χ0) is 16.2. The van der Waals surface area contributed by atoms with Crippen LogP contribution in [0.5, 0.6) is 0 Å². The van der Waals surface area contributed by atoms with Crippen LogP contribution in [0.1, 0.15) is 67.9 Å². The summed E-state index contributed by atoms with van der Waals surface area (Å²) in [6.07, 6.45) is 4.05. The van der Waals surface area contributed by atoms with Gasteiger partial charge in [-0.15, -0.1) is 6.58 Å². The third-order valence-electron chi connectivity index (χ3n) is 1.90. The number of aliphatic imine (C=N–C) groups is 1. The maximum Gasteiger partial charge on any atom is 0.0385 e. The molecule has 1 rings (SSSR count). The van der Waals surface area contributed by atoms with Gasteiger partial charge in [-0.05, 0) is 39.2 Å². The number of hydrogen-bond donors (Lipinski definition) is 0. The maximum absolute atomic E-state index is 4.16. The van der Waals surface area contributed by atoms with E-state index in [2.05, 4.69) is 49.7 Å². The summed E-state index contributed by atoms with van der Waals surface area (Å²) in [5.74, 6) is 0. The van der Waals surface area contributed by atoms with Crippen molar-refractivity contribution in [1.29, 1.82) is 0 Å².